The Labute approximate surface area is 185 Å². The summed E-state index contributed by atoms with van der Waals surface area (Å²) in [5.74, 6) is 2.52. The number of ether oxygens (including phenoxy) is 1. The third-order valence-electron chi connectivity index (χ3n) is 5.54. The lowest BCUT2D eigenvalue weighted by atomic mass is 10.1. The number of nitrogens with zero attached hydrogens (tertiary/aromatic N) is 2. The summed E-state index contributed by atoms with van der Waals surface area (Å²) in [6, 6.07) is 8.92. The van der Waals surface area contributed by atoms with E-state index in [0.29, 0.717) is 12.0 Å². The number of anilines is 1. The normalized spacial score (nSPS) is 25.2. The van der Waals surface area contributed by atoms with Crippen LogP contribution in [0.15, 0.2) is 29.3 Å². The summed E-state index contributed by atoms with van der Waals surface area (Å²) >= 11 is 1.99. The van der Waals surface area contributed by atoms with Gasteiger partial charge in [-0.1, -0.05) is 6.07 Å². The van der Waals surface area contributed by atoms with Gasteiger partial charge in [0.15, 0.2) is 5.96 Å². The number of benzene rings is 1. The molecule has 3 atom stereocenters. The van der Waals surface area contributed by atoms with E-state index < -0.39 is 0 Å². The second kappa shape index (κ2) is 11.2. The molecule has 1 saturated heterocycles. The first kappa shape index (κ1) is 22.5. The maximum absolute atomic E-state index is 5.35. The molecular formula is C20H33IN4OS. The number of thioether (sulfide) groups is 1. The zero-order valence-corrected chi connectivity index (χ0v) is 19.8. The van der Waals surface area contributed by atoms with Gasteiger partial charge >= 0.3 is 0 Å². The van der Waals surface area contributed by atoms with Crippen molar-refractivity contribution in [3.05, 3.63) is 24.3 Å². The van der Waals surface area contributed by atoms with Crippen LogP contribution in [0.1, 0.15) is 25.7 Å². The fourth-order valence-corrected chi connectivity index (χ4v) is 4.75. The van der Waals surface area contributed by atoms with E-state index in [4.69, 9.17) is 4.74 Å². The zero-order chi connectivity index (χ0) is 18.4. The second-order valence-electron chi connectivity index (χ2n) is 7.27. The Bertz CT molecular complexity index is 615. The molecule has 1 aliphatic heterocycles. The van der Waals surface area contributed by atoms with Gasteiger partial charge in [-0.3, -0.25) is 4.99 Å². The molecule has 5 nitrogen and oxygen atoms in total. The molecule has 3 rings (SSSR count). The predicted octanol–water partition coefficient (Wildman–Crippen LogP) is 3.59. The van der Waals surface area contributed by atoms with E-state index in [1.807, 2.05) is 24.9 Å². The van der Waals surface area contributed by atoms with Gasteiger partial charge in [0.05, 0.1) is 7.11 Å². The third kappa shape index (κ3) is 6.34. The van der Waals surface area contributed by atoms with Crippen LogP contribution in [-0.4, -0.2) is 57.3 Å². The molecule has 27 heavy (non-hydrogen) atoms. The molecule has 1 aromatic rings. The van der Waals surface area contributed by atoms with Crippen molar-refractivity contribution in [1.29, 1.82) is 0 Å². The minimum atomic E-state index is 0. The molecule has 0 spiro atoms. The van der Waals surface area contributed by atoms with Crippen LogP contribution in [0.2, 0.25) is 0 Å². The number of nitrogens with one attached hydrogen (secondary N) is 2. The lowest BCUT2D eigenvalue weighted by Gasteiger charge is -2.21. The maximum atomic E-state index is 5.35. The lowest BCUT2D eigenvalue weighted by Crippen LogP contribution is -2.44. The molecule has 0 radical (unpaired) electrons. The summed E-state index contributed by atoms with van der Waals surface area (Å²) in [4.78, 5) is 6.87. The van der Waals surface area contributed by atoms with Gasteiger partial charge in [-0.05, 0) is 50.0 Å². The summed E-state index contributed by atoms with van der Waals surface area (Å²) in [7, 11) is 3.59. The standard InChI is InChI=1S/C20H32N4OS.HI/c1-21-20(23-16-7-8-19(11-16)26-3)22-13-15-9-10-24(14-15)17-5-4-6-18(12-17)25-2;/h4-6,12,15-16,19H,7-11,13-14H2,1-3H3,(H2,21,22,23);1H. The highest BCUT2D eigenvalue weighted by molar-refractivity contribution is 14.0. The molecule has 1 heterocycles. The van der Waals surface area contributed by atoms with Crippen LogP contribution >= 0.6 is 35.7 Å². The molecule has 1 aromatic carbocycles. The van der Waals surface area contributed by atoms with Crippen LogP contribution < -0.4 is 20.3 Å². The van der Waals surface area contributed by atoms with E-state index in [-0.39, 0.29) is 24.0 Å². The summed E-state index contributed by atoms with van der Waals surface area (Å²) in [6.07, 6.45) is 7.23. The van der Waals surface area contributed by atoms with Gasteiger partial charge in [0.2, 0.25) is 0 Å². The van der Waals surface area contributed by atoms with E-state index in [1.54, 1.807) is 7.11 Å². The van der Waals surface area contributed by atoms with Crippen molar-refractivity contribution in [3.63, 3.8) is 0 Å². The summed E-state index contributed by atoms with van der Waals surface area (Å²) in [5.41, 5.74) is 1.25. The minimum absolute atomic E-state index is 0. The van der Waals surface area contributed by atoms with Crippen molar-refractivity contribution in [2.75, 3.05) is 44.9 Å². The molecule has 1 aliphatic carbocycles. The number of aliphatic imine (C=N–C) groups is 1. The molecule has 3 unspecified atom stereocenters. The second-order valence-corrected chi connectivity index (χ2v) is 8.41. The van der Waals surface area contributed by atoms with Crippen LogP contribution in [0, 0.1) is 5.92 Å². The molecule has 2 N–H and O–H groups in total. The Morgan fingerprint density at radius 2 is 2.19 bits per heavy atom. The van der Waals surface area contributed by atoms with E-state index in [2.05, 4.69) is 45.0 Å². The third-order valence-corrected chi connectivity index (χ3v) is 6.64. The van der Waals surface area contributed by atoms with Crippen molar-refractivity contribution >= 4 is 47.4 Å². The first-order chi connectivity index (χ1) is 12.7. The largest absolute Gasteiger partial charge is 0.497 e. The van der Waals surface area contributed by atoms with Crippen molar-refractivity contribution < 1.29 is 4.74 Å². The molecule has 7 heteroatoms. The average molecular weight is 504 g/mol. The van der Waals surface area contributed by atoms with Crippen LogP contribution in [0.4, 0.5) is 5.69 Å². The molecule has 0 aromatic heterocycles. The van der Waals surface area contributed by atoms with E-state index in [1.165, 1.54) is 31.4 Å². The van der Waals surface area contributed by atoms with Crippen LogP contribution in [-0.2, 0) is 0 Å². The Hall–Kier alpha value is -0.830. The van der Waals surface area contributed by atoms with Gasteiger partial charge in [-0.15, -0.1) is 24.0 Å². The number of rotatable bonds is 6. The molecule has 0 amide bonds. The minimum Gasteiger partial charge on any atom is -0.497 e. The number of guanidine groups is 1. The summed E-state index contributed by atoms with van der Waals surface area (Å²) in [5, 5.41) is 7.96. The number of methoxy groups -OCH3 is 1. The topological polar surface area (TPSA) is 48.9 Å². The van der Waals surface area contributed by atoms with Crippen LogP contribution in [0.25, 0.3) is 0 Å². The predicted molar refractivity (Wildman–Crippen MR) is 128 cm³/mol. The quantitative estimate of drug-likeness (QED) is 0.353. The molecule has 0 bridgehead atoms. The SMILES string of the molecule is CN=C(NCC1CCN(c2cccc(OC)c2)C1)NC1CCC(SC)C1.I. The van der Waals surface area contributed by atoms with Gasteiger partial charge < -0.3 is 20.3 Å². The monoisotopic (exact) mass is 504 g/mol. The molecule has 2 aliphatic rings. The van der Waals surface area contributed by atoms with Gasteiger partial charge in [0.1, 0.15) is 5.75 Å². The van der Waals surface area contributed by atoms with Crippen LogP contribution in [0.5, 0.6) is 5.75 Å². The van der Waals surface area contributed by atoms with E-state index in [0.717, 1.165) is 36.6 Å². The molecule has 1 saturated carbocycles. The fraction of sp³-hybridized carbons (Fsp3) is 0.650. The Morgan fingerprint density at radius 1 is 1.33 bits per heavy atom. The van der Waals surface area contributed by atoms with Gasteiger partial charge in [0.25, 0.3) is 0 Å². The molecular weight excluding hydrogens is 471 g/mol. The Morgan fingerprint density at radius 3 is 2.89 bits per heavy atom. The van der Waals surface area contributed by atoms with Crippen molar-refractivity contribution in [1.82, 2.24) is 10.6 Å². The Balaban J connectivity index is 0.00000261. The number of halogens is 1. The van der Waals surface area contributed by atoms with Crippen molar-refractivity contribution in [3.8, 4) is 5.75 Å². The number of hydrogen-bond donors (Lipinski definition) is 2. The Kier molecular flexibility index (Phi) is 9.35. The molecule has 2 fully saturated rings. The molecule has 152 valence electrons. The zero-order valence-electron chi connectivity index (χ0n) is 16.6. The van der Waals surface area contributed by atoms with Crippen molar-refractivity contribution in [2.24, 2.45) is 10.9 Å². The first-order valence-electron chi connectivity index (χ1n) is 9.60. The van der Waals surface area contributed by atoms with Gasteiger partial charge in [-0.25, -0.2) is 0 Å². The maximum Gasteiger partial charge on any atom is 0.191 e. The van der Waals surface area contributed by atoms with Crippen LogP contribution in [0.3, 0.4) is 0 Å². The highest BCUT2D eigenvalue weighted by Crippen LogP contribution is 2.28. The summed E-state index contributed by atoms with van der Waals surface area (Å²) < 4.78 is 5.35. The van der Waals surface area contributed by atoms with Crippen molar-refractivity contribution in [2.45, 2.75) is 37.0 Å². The highest BCUT2D eigenvalue weighted by atomic mass is 127. The first-order valence-corrected chi connectivity index (χ1v) is 10.9. The average Bonchev–Trinajstić information content (AvgIpc) is 3.34. The summed E-state index contributed by atoms with van der Waals surface area (Å²) in [6.45, 7) is 3.15. The fourth-order valence-electron chi connectivity index (χ4n) is 3.96. The highest BCUT2D eigenvalue weighted by Gasteiger charge is 2.26. The number of hydrogen-bond acceptors (Lipinski definition) is 4. The van der Waals surface area contributed by atoms with E-state index in [9.17, 15) is 0 Å². The lowest BCUT2D eigenvalue weighted by molar-refractivity contribution is 0.415. The van der Waals surface area contributed by atoms with E-state index >= 15 is 0 Å². The smallest absolute Gasteiger partial charge is 0.191 e. The van der Waals surface area contributed by atoms with Gasteiger partial charge in [-0.2, -0.15) is 11.8 Å². The van der Waals surface area contributed by atoms with Gasteiger partial charge in [0, 0.05) is 49.7 Å².